The monoisotopic (exact) mass is 218 g/mol. The zero-order valence-corrected chi connectivity index (χ0v) is 8.45. The van der Waals surface area contributed by atoms with Gasteiger partial charge in [-0.2, -0.15) is 5.26 Å². The first-order valence-corrected chi connectivity index (χ1v) is 4.64. The first-order valence-electron chi connectivity index (χ1n) is 4.26. The van der Waals surface area contributed by atoms with Gasteiger partial charge in [-0.15, -0.1) is 0 Å². The summed E-state index contributed by atoms with van der Waals surface area (Å²) < 4.78 is 5.25. The molecule has 2 N–H and O–H groups in total. The van der Waals surface area contributed by atoms with E-state index in [4.69, 9.17) is 27.0 Å². The third-order valence-electron chi connectivity index (χ3n) is 1.97. The van der Waals surface area contributed by atoms with Gasteiger partial charge in [0.25, 0.3) is 0 Å². The molecule has 0 amide bonds. The van der Waals surface area contributed by atoms with E-state index in [1.54, 1.807) is 30.3 Å². The molecule has 0 atom stereocenters. The Hall–Kier alpha value is -1.92. The maximum absolute atomic E-state index is 8.62. The van der Waals surface area contributed by atoms with Crippen molar-refractivity contribution in [3.8, 4) is 17.4 Å². The van der Waals surface area contributed by atoms with Crippen molar-refractivity contribution in [3.05, 3.63) is 41.1 Å². The Morgan fingerprint density at radius 1 is 1.27 bits per heavy atom. The van der Waals surface area contributed by atoms with Crippen molar-refractivity contribution < 1.29 is 4.42 Å². The molecular formula is C11H7ClN2O. The van der Waals surface area contributed by atoms with E-state index >= 15 is 0 Å². The first-order chi connectivity index (χ1) is 7.20. The van der Waals surface area contributed by atoms with Gasteiger partial charge in [-0.25, -0.2) is 0 Å². The van der Waals surface area contributed by atoms with Gasteiger partial charge in [0, 0.05) is 11.3 Å². The molecular weight excluding hydrogens is 212 g/mol. The van der Waals surface area contributed by atoms with Crippen LogP contribution in [0.25, 0.3) is 11.3 Å². The minimum atomic E-state index is 0.253. The van der Waals surface area contributed by atoms with E-state index in [0.717, 1.165) is 0 Å². The van der Waals surface area contributed by atoms with Crippen LogP contribution in [0.15, 0.2) is 34.7 Å². The molecule has 0 fully saturated rings. The highest BCUT2D eigenvalue weighted by molar-refractivity contribution is 6.33. The molecule has 0 unspecified atom stereocenters. The number of anilines is 1. The maximum atomic E-state index is 8.62. The fourth-order valence-corrected chi connectivity index (χ4v) is 1.49. The number of nitrogens with two attached hydrogens (primary N) is 1. The Bertz CT molecular complexity index is 540. The average Bonchev–Trinajstić information content (AvgIpc) is 2.70. The van der Waals surface area contributed by atoms with Gasteiger partial charge < -0.3 is 10.2 Å². The van der Waals surface area contributed by atoms with Crippen molar-refractivity contribution in [2.24, 2.45) is 0 Å². The van der Waals surface area contributed by atoms with Crippen LogP contribution in [-0.2, 0) is 0 Å². The van der Waals surface area contributed by atoms with Crippen LogP contribution in [0.2, 0.25) is 5.02 Å². The summed E-state index contributed by atoms with van der Waals surface area (Å²) in [6, 6.07) is 10.3. The van der Waals surface area contributed by atoms with Crippen molar-refractivity contribution in [2.45, 2.75) is 0 Å². The van der Waals surface area contributed by atoms with Gasteiger partial charge in [-0.05, 0) is 30.3 Å². The Balaban J connectivity index is 2.54. The molecule has 0 saturated heterocycles. The summed E-state index contributed by atoms with van der Waals surface area (Å²) in [7, 11) is 0. The summed E-state index contributed by atoms with van der Waals surface area (Å²) in [5.74, 6) is 0.798. The van der Waals surface area contributed by atoms with Gasteiger partial charge in [-0.3, -0.25) is 0 Å². The number of hydrogen-bond donors (Lipinski definition) is 1. The summed E-state index contributed by atoms with van der Waals surface area (Å²) in [6.45, 7) is 0. The lowest BCUT2D eigenvalue weighted by molar-refractivity contribution is 0.567. The zero-order chi connectivity index (χ0) is 10.8. The van der Waals surface area contributed by atoms with Crippen LogP contribution in [0.1, 0.15) is 5.76 Å². The van der Waals surface area contributed by atoms with Crippen molar-refractivity contribution in [3.63, 3.8) is 0 Å². The Kier molecular flexibility index (Phi) is 2.36. The second-order valence-corrected chi connectivity index (χ2v) is 3.42. The van der Waals surface area contributed by atoms with Crippen molar-refractivity contribution in [1.29, 1.82) is 5.26 Å². The number of halogens is 1. The first kappa shape index (κ1) is 9.63. The molecule has 3 nitrogen and oxygen atoms in total. The lowest BCUT2D eigenvalue weighted by Crippen LogP contribution is -1.85. The van der Waals surface area contributed by atoms with Crippen molar-refractivity contribution >= 4 is 17.3 Å². The second-order valence-electron chi connectivity index (χ2n) is 3.01. The molecule has 0 bridgehead atoms. The van der Waals surface area contributed by atoms with Gasteiger partial charge in [-0.1, -0.05) is 11.6 Å². The van der Waals surface area contributed by atoms with E-state index in [9.17, 15) is 0 Å². The second kappa shape index (κ2) is 3.68. The fraction of sp³-hybridized carbons (Fsp3) is 0. The normalized spacial score (nSPS) is 9.87. The fourth-order valence-electron chi connectivity index (χ4n) is 1.27. The van der Waals surface area contributed by atoms with Crippen molar-refractivity contribution in [1.82, 2.24) is 0 Å². The lowest BCUT2D eigenvalue weighted by Gasteiger charge is -2.01. The molecule has 1 heterocycles. The molecule has 0 saturated carbocycles. The molecule has 0 radical (unpaired) electrons. The van der Waals surface area contributed by atoms with Crippen LogP contribution in [0, 0.1) is 11.3 Å². The minimum absolute atomic E-state index is 0.253. The third-order valence-corrected chi connectivity index (χ3v) is 2.30. The molecule has 0 aliphatic heterocycles. The molecule has 0 aliphatic rings. The molecule has 15 heavy (non-hydrogen) atoms. The molecule has 1 aromatic carbocycles. The van der Waals surface area contributed by atoms with Crippen LogP contribution < -0.4 is 5.73 Å². The molecule has 2 rings (SSSR count). The standard InChI is InChI=1S/C11H7ClN2O/c12-10-3-1-7(14)5-9(10)11-4-2-8(6-13)15-11/h1-5H,14H2. The Morgan fingerprint density at radius 3 is 2.73 bits per heavy atom. The lowest BCUT2D eigenvalue weighted by atomic mass is 10.1. The van der Waals surface area contributed by atoms with Gasteiger partial charge >= 0.3 is 0 Å². The number of nitriles is 1. The summed E-state index contributed by atoms with van der Waals surface area (Å²) in [4.78, 5) is 0. The highest BCUT2D eigenvalue weighted by Crippen LogP contribution is 2.30. The number of rotatable bonds is 1. The molecule has 4 heteroatoms. The summed E-state index contributed by atoms with van der Waals surface area (Å²) >= 11 is 5.98. The van der Waals surface area contributed by atoms with E-state index in [1.165, 1.54) is 0 Å². The van der Waals surface area contributed by atoms with E-state index < -0.39 is 0 Å². The van der Waals surface area contributed by atoms with Gasteiger partial charge in [0.15, 0.2) is 0 Å². The topological polar surface area (TPSA) is 63.0 Å². The van der Waals surface area contributed by atoms with E-state index in [2.05, 4.69) is 0 Å². The van der Waals surface area contributed by atoms with Gasteiger partial charge in [0.1, 0.15) is 11.8 Å². The SMILES string of the molecule is N#Cc1ccc(-c2cc(N)ccc2Cl)o1. The number of furan rings is 1. The van der Waals surface area contributed by atoms with Crippen LogP contribution in [0.3, 0.4) is 0 Å². The third kappa shape index (κ3) is 1.80. The van der Waals surface area contributed by atoms with Crippen LogP contribution >= 0.6 is 11.6 Å². The predicted molar refractivity (Wildman–Crippen MR) is 58.3 cm³/mol. The van der Waals surface area contributed by atoms with Gasteiger partial charge in [0.2, 0.25) is 5.76 Å². The number of benzene rings is 1. The van der Waals surface area contributed by atoms with Crippen molar-refractivity contribution in [2.75, 3.05) is 5.73 Å². The van der Waals surface area contributed by atoms with E-state index in [0.29, 0.717) is 22.0 Å². The predicted octanol–water partition coefficient (Wildman–Crippen LogP) is 3.05. The molecule has 0 aliphatic carbocycles. The summed E-state index contributed by atoms with van der Waals surface area (Å²) in [5, 5.41) is 9.16. The summed E-state index contributed by atoms with van der Waals surface area (Å²) in [6.07, 6.45) is 0. The quantitative estimate of drug-likeness (QED) is 0.749. The maximum Gasteiger partial charge on any atom is 0.204 e. The van der Waals surface area contributed by atoms with E-state index in [-0.39, 0.29) is 5.76 Å². The molecule has 74 valence electrons. The molecule has 1 aromatic heterocycles. The Labute approximate surface area is 91.7 Å². The van der Waals surface area contributed by atoms with Crippen LogP contribution in [0.4, 0.5) is 5.69 Å². The number of nitrogen functional groups attached to an aromatic ring is 1. The minimum Gasteiger partial charge on any atom is -0.446 e. The highest BCUT2D eigenvalue weighted by Gasteiger charge is 2.08. The highest BCUT2D eigenvalue weighted by atomic mass is 35.5. The largest absolute Gasteiger partial charge is 0.446 e. The van der Waals surface area contributed by atoms with Gasteiger partial charge in [0.05, 0.1) is 5.02 Å². The zero-order valence-electron chi connectivity index (χ0n) is 7.70. The molecule has 2 aromatic rings. The average molecular weight is 219 g/mol. The number of hydrogen-bond acceptors (Lipinski definition) is 3. The molecule has 0 spiro atoms. The Morgan fingerprint density at radius 2 is 2.07 bits per heavy atom. The number of nitrogens with zero attached hydrogens (tertiary/aromatic N) is 1. The van der Waals surface area contributed by atoms with Crippen LogP contribution in [-0.4, -0.2) is 0 Å². The van der Waals surface area contributed by atoms with E-state index in [1.807, 2.05) is 6.07 Å². The van der Waals surface area contributed by atoms with Crippen LogP contribution in [0.5, 0.6) is 0 Å². The summed E-state index contributed by atoms with van der Waals surface area (Å²) in [5.41, 5.74) is 6.93. The smallest absolute Gasteiger partial charge is 0.204 e.